The molecule has 0 spiro atoms. The van der Waals surface area contributed by atoms with E-state index in [0.29, 0.717) is 25.3 Å². The quantitative estimate of drug-likeness (QED) is 0.324. The predicted octanol–water partition coefficient (Wildman–Crippen LogP) is 5.32. The van der Waals surface area contributed by atoms with Crippen molar-refractivity contribution >= 4 is 11.9 Å². The SMILES string of the molecule is O=C1CCN(C(c2ccccc2)(c2ccccc2)c2ccccc2)C/C1=C/c1ccno1. The molecule has 1 fully saturated rings. The molecule has 1 saturated heterocycles. The molecule has 0 unspecified atom stereocenters. The van der Waals surface area contributed by atoms with Crippen molar-refractivity contribution in [2.75, 3.05) is 13.1 Å². The summed E-state index contributed by atoms with van der Waals surface area (Å²) in [7, 11) is 0. The fourth-order valence-corrected chi connectivity index (χ4v) is 4.74. The molecule has 1 aliphatic heterocycles. The van der Waals surface area contributed by atoms with Crippen molar-refractivity contribution in [2.45, 2.75) is 12.0 Å². The van der Waals surface area contributed by atoms with Crippen LogP contribution in [0.5, 0.6) is 0 Å². The summed E-state index contributed by atoms with van der Waals surface area (Å²) in [6.07, 6.45) is 3.88. The average molecular weight is 421 g/mol. The Balaban J connectivity index is 1.72. The summed E-state index contributed by atoms with van der Waals surface area (Å²) >= 11 is 0. The van der Waals surface area contributed by atoms with E-state index in [0.717, 1.165) is 5.57 Å². The zero-order chi connectivity index (χ0) is 21.8. The zero-order valence-electron chi connectivity index (χ0n) is 17.7. The molecule has 0 radical (unpaired) electrons. The number of aromatic nitrogens is 1. The van der Waals surface area contributed by atoms with Gasteiger partial charge in [-0.15, -0.1) is 0 Å². The number of hydrogen-bond donors (Lipinski definition) is 0. The number of hydrogen-bond acceptors (Lipinski definition) is 4. The van der Waals surface area contributed by atoms with Crippen LogP contribution < -0.4 is 0 Å². The lowest BCUT2D eigenvalue weighted by atomic mass is 9.74. The van der Waals surface area contributed by atoms with Crippen LogP contribution in [0.25, 0.3) is 6.08 Å². The summed E-state index contributed by atoms with van der Waals surface area (Å²) in [5.74, 6) is 0.751. The van der Waals surface area contributed by atoms with Crippen molar-refractivity contribution < 1.29 is 9.32 Å². The minimum absolute atomic E-state index is 0.153. The molecule has 4 heteroatoms. The summed E-state index contributed by atoms with van der Waals surface area (Å²) in [5, 5.41) is 3.78. The van der Waals surface area contributed by atoms with Gasteiger partial charge >= 0.3 is 0 Å². The number of Topliss-reactive ketones (excluding diaryl/α,β-unsaturated/α-hetero) is 1. The third kappa shape index (κ3) is 3.59. The Kier molecular flexibility index (Phi) is 5.53. The highest BCUT2D eigenvalue weighted by molar-refractivity contribution is 6.00. The van der Waals surface area contributed by atoms with Gasteiger partial charge in [-0.25, -0.2) is 0 Å². The van der Waals surface area contributed by atoms with E-state index in [1.807, 2.05) is 24.3 Å². The summed E-state index contributed by atoms with van der Waals surface area (Å²) < 4.78 is 5.26. The molecule has 0 amide bonds. The third-order valence-electron chi connectivity index (χ3n) is 6.15. The van der Waals surface area contributed by atoms with E-state index < -0.39 is 5.54 Å². The zero-order valence-corrected chi connectivity index (χ0v) is 17.7. The Morgan fingerprint density at radius 1 is 0.781 bits per heavy atom. The highest BCUT2D eigenvalue weighted by Gasteiger charge is 2.44. The maximum absolute atomic E-state index is 12.8. The highest BCUT2D eigenvalue weighted by atomic mass is 16.5. The molecule has 4 aromatic rings. The topological polar surface area (TPSA) is 46.3 Å². The molecule has 0 aliphatic carbocycles. The van der Waals surface area contributed by atoms with Gasteiger partial charge in [0.05, 0.1) is 11.7 Å². The van der Waals surface area contributed by atoms with E-state index in [1.165, 1.54) is 16.7 Å². The Bertz CT molecular complexity index is 1100. The fourth-order valence-electron chi connectivity index (χ4n) is 4.74. The molecule has 158 valence electrons. The second kappa shape index (κ2) is 8.77. The van der Waals surface area contributed by atoms with Gasteiger partial charge in [0, 0.05) is 31.1 Å². The summed E-state index contributed by atoms with van der Waals surface area (Å²) in [6, 6.07) is 33.4. The van der Waals surface area contributed by atoms with Gasteiger partial charge in [-0.2, -0.15) is 0 Å². The van der Waals surface area contributed by atoms with Crippen LogP contribution in [0.3, 0.4) is 0 Å². The summed E-state index contributed by atoms with van der Waals surface area (Å²) in [5.41, 5.74) is 3.72. The van der Waals surface area contributed by atoms with Crippen LogP contribution in [0.4, 0.5) is 0 Å². The van der Waals surface area contributed by atoms with E-state index in [9.17, 15) is 4.79 Å². The molecule has 1 aliphatic rings. The van der Waals surface area contributed by atoms with Crippen LogP contribution >= 0.6 is 0 Å². The largest absolute Gasteiger partial charge is 0.357 e. The lowest BCUT2D eigenvalue weighted by molar-refractivity contribution is -0.117. The first kappa shape index (κ1) is 20.2. The molecular formula is C28H24N2O2. The van der Waals surface area contributed by atoms with Crippen molar-refractivity contribution in [1.29, 1.82) is 0 Å². The van der Waals surface area contributed by atoms with E-state index in [-0.39, 0.29) is 5.78 Å². The number of rotatable bonds is 5. The number of carbonyl (C=O) groups is 1. The average Bonchev–Trinajstić information content (AvgIpc) is 3.37. The predicted molar refractivity (Wildman–Crippen MR) is 125 cm³/mol. The Morgan fingerprint density at radius 2 is 1.31 bits per heavy atom. The number of ketones is 1. The van der Waals surface area contributed by atoms with Crippen LogP contribution in [0.2, 0.25) is 0 Å². The van der Waals surface area contributed by atoms with Crippen molar-refractivity contribution in [3.63, 3.8) is 0 Å². The van der Waals surface area contributed by atoms with Crippen LogP contribution in [0, 0.1) is 0 Å². The molecular weight excluding hydrogens is 396 g/mol. The van der Waals surface area contributed by atoms with Crippen molar-refractivity contribution in [1.82, 2.24) is 10.1 Å². The molecule has 4 nitrogen and oxygen atoms in total. The van der Waals surface area contributed by atoms with E-state index in [1.54, 1.807) is 12.3 Å². The van der Waals surface area contributed by atoms with Gasteiger partial charge < -0.3 is 4.52 Å². The third-order valence-corrected chi connectivity index (χ3v) is 6.15. The summed E-state index contributed by atoms with van der Waals surface area (Å²) in [6.45, 7) is 1.17. The van der Waals surface area contributed by atoms with E-state index in [4.69, 9.17) is 4.52 Å². The molecule has 2 heterocycles. The lowest BCUT2D eigenvalue weighted by Crippen LogP contribution is -2.52. The molecule has 0 bridgehead atoms. The molecule has 32 heavy (non-hydrogen) atoms. The van der Waals surface area contributed by atoms with Gasteiger partial charge in [-0.1, -0.05) is 96.2 Å². The minimum Gasteiger partial charge on any atom is -0.357 e. The maximum Gasteiger partial charge on any atom is 0.161 e. The number of carbonyl (C=O) groups excluding carboxylic acids is 1. The number of piperidine rings is 1. The first-order chi connectivity index (χ1) is 15.8. The fraction of sp³-hybridized carbons (Fsp3) is 0.143. The van der Waals surface area contributed by atoms with Gasteiger partial charge in [0.1, 0.15) is 0 Å². The molecule has 0 saturated carbocycles. The standard InChI is InChI=1S/C28H24N2O2/c31-27-17-19-30(21-22(27)20-26-16-18-29-32-26)28(23-10-4-1-5-11-23,24-12-6-2-7-13-24)25-14-8-3-9-15-25/h1-16,18,20H,17,19,21H2/b22-20-. The Morgan fingerprint density at radius 3 is 1.78 bits per heavy atom. The van der Waals surface area contributed by atoms with Crippen molar-refractivity contribution in [3.05, 3.63) is 131 Å². The van der Waals surface area contributed by atoms with E-state index >= 15 is 0 Å². The van der Waals surface area contributed by atoms with Crippen LogP contribution in [-0.4, -0.2) is 28.9 Å². The Hall–Kier alpha value is -3.76. The molecule has 0 N–H and O–H groups in total. The number of likely N-dealkylation sites (tertiary alicyclic amines) is 1. The van der Waals surface area contributed by atoms with Crippen LogP contribution in [0.1, 0.15) is 28.9 Å². The number of nitrogens with zero attached hydrogens (tertiary/aromatic N) is 2. The first-order valence-electron chi connectivity index (χ1n) is 10.8. The van der Waals surface area contributed by atoms with Gasteiger partial charge in [-0.05, 0) is 22.8 Å². The van der Waals surface area contributed by atoms with E-state index in [2.05, 4.69) is 82.9 Å². The van der Waals surface area contributed by atoms with Gasteiger partial charge in [0.15, 0.2) is 11.5 Å². The molecule has 1 aromatic heterocycles. The monoisotopic (exact) mass is 420 g/mol. The van der Waals surface area contributed by atoms with Gasteiger partial charge in [-0.3, -0.25) is 9.69 Å². The normalized spacial score (nSPS) is 16.4. The second-order valence-electron chi connectivity index (χ2n) is 7.99. The molecule has 5 rings (SSSR count). The van der Waals surface area contributed by atoms with Crippen molar-refractivity contribution in [2.24, 2.45) is 0 Å². The maximum atomic E-state index is 12.8. The Labute approximate surface area is 187 Å². The first-order valence-corrected chi connectivity index (χ1v) is 10.8. The highest BCUT2D eigenvalue weighted by Crippen LogP contribution is 2.43. The van der Waals surface area contributed by atoms with Crippen LogP contribution in [0.15, 0.2) is 113 Å². The van der Waals surface area contributed by atoms with Crippen molar-refractivity contribution in [3.8, 4) is 0 Å². The van der Waals surface area contributed by atoms with Gasteiger partial charge in [0.25, 0.3) is 0 Å². The number of benzene rings is 3. The minimum atomic E-state index is -0.537. The van der Waals surface area contributed by atoms with Gasteiger partial charge in [0.2, 0.25) is 0 Å². The van der Waals surface area contributed by atoms with Crippen LogP contribution in [-0.2, 0) is 10.3 Å². The smallest absolute Gasteiger partial charge is 0.161 e. The lowest BCUT2D eigenvalue weighted by Gasteiger charge is -2.47. The summed E-state index contributed by atoms with van der Waals surface area (Å²) in [4.78, 5) is 15.3. The molecule has 0 atom stereocenters. The molecule has 3 aromatic carbocycles. The second-order valence-corrected chi connectivity index (χ2v) is 7.99.